The fourth-order valence-corrected chi connectivity index (χ4v) is 2.85. The second kappa shape index (κ2) is 10.3. The number of nitrogens with zero attached hydrogens (tertiary/aromatic N) is 1. The zero-order valence-electron chi connectivity index (χ0n) is 18.5. The summed E-state index contributed by atoms with van der Waals surface area (Å²) >= 11 is 0. The van der Waals surface area contributed by atoms with Gasteiger partial charge in [0.1, 0.15) is 6.61 Å². The average molecular weight is 372 g/mol. The van der Waals surface area contributed by atoms with E-state index in [1.54, 1.807) is 0 Å². The van der Waals surface area contributed by atoms with Crippen LogP contribution in [0.2, 0.25) is 0 Å². The van der Waals surface area contributed by atoms with Crippen molar-refractivity contribution in [1.29, 1.82) is 0 Å². The Hall–Kier alpha value is -1.10. The van der Waals surface area contributed by atoms with Gasteiger partial charge in [-0.25, -0.2) is 0 Å². The van der Waals surface area contributed by atoms with Crippen molar-refractivity contribution in [1.82, 2.24) is 4.90 Å². The minimum absolute atomic E-state index is 0.0802. The first-order valence-corrected chi connectivity index (χ1v) is 9.88. The Kier molecular flexibility index (Phi) is 9.85. The lowest BCUT2D eigenvalue weighted by Gasteiger charge is -2.34. The normalized spacial score (nSPS) is 14.8. The largest absolute Gasteiger partial charge is 0.465 e. The number of ether oxygens (including phenoxy) is 2. The molecule has 5 nitrogen and oxygen atoms in total. The second-order valence-corrected chi connectivity index (χ2v) is 9.27. The molecule has 0 bridgehead atoms. The van der Waals surface area contributed by atoms with Crippen LogP contribution < -0.4 is 0 Å². The number of rotatable bonds is 11. The second-order valence-electron chi connectivity index (χ2n) is 9.27. The van der Waals surface area contributed by atoms with E-state index >= 15 is 0 Å². The number of carbonyl (C=O) groups is 2. The van der Waals surface area contributed by atoms with Crippen LogP contribution in [0, 0.1) is 16.2 Å². The molecule has 0 aliphatic rings. The molecule has 0 aromatic carbocycles. The summed E-state index contributed by atoms with van der Waals surface area (Å²) in [5.41, 5.74) is -1.52. The highest BCUT2D eigenvalue weighted by Gasteiger charge is 2.43. The Bertz CT molecular complexity index is 449. The maximum atomic E-state index is 12.6. The lowest BCUT2D eigenvalue weighted by atomic mass is 9.72. The van der Waals surface area contributed by atoms with Gasteiger partial charge in [-0.1, -0.05) is 41.5 Å². The van der Waals surface area contributed by atoms with Gasteiger partial charge in [0.2, 0.25) is 0 Å². The smallest absolute Gasteiger partial charge is 0.311 e. The summed E-state index contributed by atoms with van der Waals surface area (Å²) in [4.78, 5) is 27.4. The molecule has 0 aromatic heterocycles. The number of hydrogen-bond donors (Lipinski definition) is 0. The van der Waals surface area contributed by atoms with Crippen LogP contribution in [0.15, 0.2) is 0 Å². The predicted octanol–water partition coefficient (Wildman–Crippen LogP) is 4.29. The summed E-state index contributed by atoms with van der Waals surface area (Å²) in [6.07, 6.45) is 1.02. The molecule has 0 radical (unpaired) electrons. The molecule has 0 amide bonds. The molecule has 0 spiro atoms. The van der Waals surface area contributed by atoms with Crippen LogP contribution in [0.3, 0.4) is 0 Å². The summed E-state index contributed by atoms with van der Waals surface area (Å²) < 4.78 is 11.0. The van der Waals surface area contributed by atoms with Crippen molar-refractivity contribution in [2.24, 2.45) is 16.2 Å². The van der Waals surface area contributed by atoms with Crippen LogP contribution in [0.1, 0.15) is 75.2 Å². The number of likely N-dealkylation sites (N-methyl/N-ethyl adjacent to an activating group) is 1. The predicted molar refractivity (Wildman–Crippen MR) is 106 cm³/mol. The minimum atomic E-state index is -0.741. The summed E-state index contributed by atoms with van der Waals surface area (Å²) in [6.45, 7) is 21.1. The van der Waals surface area contributed by atoms with Crippen molar-refractivity contribution < 1.29 is 19.1 Å². The van der Waals surface area contributed by atoms with Crippen LogP contribution in [-0.2, 0) is 19.1 Å². The van der Waals surface area contributed by atoms with E-state index in [0.717, 1.165) is 19.6 Å². The quantitative estimate of drug-likeness (QED) is 0.507. The Morgan fingerprint density at radius 2 is 1.38 bits per heavy atom. The van der Waals surface area contributed by atoms with Gasteiger partial charge in [0.15, 0.2) is 0 Å². The maximum Gasteiger partial charge on any atom is 0.311 e. The van der Waals surface area contributed by atoms with Crippen LogP contribution in [0.5, 0.6) is 0 Å². The van der Waals surface area contributed by atoms with E-state index in [9.17, 15) is 9.59 Å². The fourth-order valence-electron chi connectivity index (χ4n) is 2.85. The molecule has 1 unspecified atom stereocenters. The molecule has 0 saturated carbocycles. The number of hydrogen-bond acceptors (Lipinski definition) is 5. The molecule has 0 rings (SSSR count). The molecule has 0 aromatic rings. The van der Waals surface area contributed by atoms with E-state index in [4.69, 9.17) is 9.47 Å². The first-order chi connectivity index (χ1) is 11.8. The Morgan fingerprint density at radius 3 is 1.81 bits per heavy atom. The molecule has 0 heterocycles. The topological polar surface area (TPSA) is 55.8 Å². The molecule has 0 aliphatic carbocycles. The van der Waals surface area contributed by atoms with E-state index in [1.165, 1.54) is 0 Å². The van der Waals surface area contributed by atoms with Crippen molar-refractivity contribution >= 4 is 11.9 Å². The Morgan fingerprint density at radius 1 is 0.846 bits per heavy atom. The van der Waals surface area contributed by atoms with Gasteiger partial charge in [0.05, 0.1) is 17.4 Å². The molecule has 5 heteroatoms. The minimum Gasteiger partial charge on any atom is -0.465 e. The number of esters is 2. The van der Waals surface area contributed by atoms with Crippen molar-refractivity contribution in [3.8, 4) is 0 Å². The van der Waals surface area contributed by atoms with Crippen molar-refractivity contribution in [3.05, 3.63) is 0 Å². The van der Waals surface area contributed by atoms with Crippen LogP contribution in [0.25, 0.3) is 0 Å². The zero-order chi connectivity index (χ0) is 20.6. The maximum absolute atomic E-state index is 12.6. The molecule has 154 valence electrons. The van der Waals surface area contributed by atoms with Crippen molar-refractivity contribution in [2.45, 2.75) is 75.2 Å². The average Bonchev–Trinajstić information content (AvgIpc) is 2.55. The molecule has 1 atom stereocenters. The Balaban J connectivity index is 4.83. The highest BCUT2D eigenvalue weighted by Crippen LogP contribution is 2.38. The molecule has 26 heavy (non-hydrogen) atoms. The molecular weight excluding hydrogens is 330 g/mol. The lowest BCUT2D eigenvalue weighted by molar-refractivity contribution is -0.165. The van der Waals surface area contributed by atoms with Gasteiger partial charge < -0.3 is 14.4 Å². The van der Waals surface area contributed by atoms with E-state index in [1.807, 2.05) is 48.5 Å². The van der Waals surface area contributed by atoms with E-state index < -0.39 is 10.8 Å². The monoisotopic (exact) mass is 371 g/mol. The third-order valence-corrected chi connectivity index (χ3v) is 4.83. The van der Waals surface area contributed by atoms with Crippen molar-refractivity contribution in [3.63, 3.8) is 0 Å². The molecular formula is C21H41NO4. The van der Waals surface area contributed by atoms with Crippen LogP contribution >= 0.6 is 0 Å². The molecule has 0 fully saturated rings. The van der Waals surface area contributed by atoms with Crippen LogP contribution in [-0.4, -0.2) is 49.7 Å². The summed E-state index contributed by atoms with van der Waals surface area (Å²) in [7, 11) is 0. The standard InChI is InChI=1S/C21H41NO4/c1-10-21(9,18(24)26-16-19(4,5)6)15-20(7,8)17(23)25-14-13-22(11-2)12-3/h10-16H2,1-9H3. The fraction of sp³-hybridized carbons (Fsp3) is 0.905. The summed E-state index contributed by atoms with van der Waals surface area (Å²) in [5, 5.41) is 0. The zero-order valence-corrected chi connectivity index (χ0v) is 18.5. The van der Waals surface area contributed by atoms with Gasteiger partial charge in [-0.2, -0.15) is 0 Å². The summed E-state index contributed by atoms with van der Waals surface area (Å²) in [6, 6.07) is 0. The van der Waals surface area contributed by atoms with Gasteiger partial charge in [-0.05, 0) is 52.1 Å². The van der Waals surface area contributed by atoms with E-state index in [0.29, 0.717) is 26.1 Å². The molecule has 0 aliphatic heterocycles. The first-order valence-electron chi connectivity index (χ1n) is 9.88. The van der Waals surface area contributed by atoms with Gasteiger partial charge in [-0.3, -0.25) is 9.59 Å². The van der Waals surface area contributed by atoms with E-state index in [-0.39, 0.29) is 17.4 Å². The highest BCUT2D eigenvalue weighted by atomic mass is 16.5. The lowest BCUT2D eigenvalue weighted by Crippen LogP contribution is -2.40. The molecule has 0 N–H and O–H groups in total. The Labute approximate surface area is 160 Å². The van der Waals surface area contributed by atoms with Gasteiger partial charge in [-0.15, -0.1) is 0 Å². The van der Waals surface area contributed by atoms with Crippen LogP contribution in [0.4, 0.5) is 0 Å². The van der Waals surface area contributed by atoms with E-state index in [2.05, 4.69) is 18.7 Å². The third-order valence-electron chi connectivity index (χ3n) is 4.83. The van der Waals surface area contributed by atoms with Gasteiger partial charge >= 0.3 is 11.9 Å². The van der Waals surface area contributed by atoms with Gasteiger partial charge in [0, 0.05) is 6.54 Å². The highest BCUT2D eigenvalue weighted by molar-refractivity contribution is 5.80. The van der Waals surface area contributed by atoms with Gasteiger partial charge in [0.25, 0.3) is 0 Å². The van der Waals surface area contributed by atoms with Crippen molar-refractivity contribution in [2.75, 3.05) is 32.8 Å². The summed E-state index contributed by atoms with van der Waals surface area (Å²) in [5.74, 6) is -0.494. The molecule has 0 saturated heterocycles. The first kappa shape index (κ1) is 24.9. The SMILES string of the molecule is CCN(CC)CCOC(=O)C(C)(C)CC(C)(CC)C(=O)OCC(C)(C)C. The third kappa shape index (κ3) is 8.52. The number of carbonyl (C=O) groups excluding carboxylic acids is 2.